The molecule has 20 heavy (non-hydrogen) atoms. The van der Waals surface area contributed by atoms with E-state index < -0.39 is 0 Å². The standard InChI is InChI=1S/C17H25N3/c1-2-6-13-11-16(13)20-17(18)19-15-10-5-8-12-7-3-4-9-14(12)15/h5,8,10,13,16H,2-4,6-7,9,11H2,1H3,(H3,18,19,20). The molecule has 0 radical (unpaired) electrons. The van der Waals surface area contributed by atoms with Crippen LogP contribution in [0.15, 0.2) is 23.2 Å². The lowest BCUT2D eigenvalue weighted by molar-refractivity contribution is 0.683. The van der Waals surface area contributed by atoms with Gasteiger partial charge in [0.05, 0.1) is 6.04 Å². The first-order valence-corrected chi connectivity index (χ1v) is 7.99. The average molecular weight is 271 g/mol. The highest BCUT2D eigenvalue weighted by atomic mass is 15.1. The van der Waals surface area contributed by atoms with Crippen molar-refractivity contribution in [3.8, 4) is 0 Å². The summed E-state index contributed by atoms with van der Waals surface area (Å²) in [6, 6.07) is 6.95. The minimum Gasteiger partial charge on any atom is -0.370 e. The average Bonchev–Trinajstić information content (AvgIpc) is 3.17. The third-order valence-electron chi connectivity index (χ3n) is 4.51. The van der Waals surface area contributed by atoms with E-state index in [2.05, 4.69) is 35.4 Å². The third kappa shape index (κ3) is 2.97. The van der Waals surface area contributed by atoms with Crippen molar-refractivity contribution in [2.75, 3.05) is 5.32 Å². The quantitative estimate of drug-likeness (QED) is 0.650. The van der Waals surface area contributed by atoms with E-state index in [1.165, 1.54) is 49.7 Å². The molecule has 1 aromatic carbocycles. The van der Waals surface area contributed by atoms with E-state index in [0.717, 1.165) is 18.0 Å². The van der Waals surface area contributed by atoms with Crippen molar-refractivity contribution < 1.29 is 0 Å². The second-order valence-corrected chi connectivity index (χ2v) is 6.14. The van der Waals surface area contributed by atoms with Gasteiger partial charge in [0.25, 0.3) is 0 Å². The lowest BCUT2D eigenvalue weighted by Gasteiger charge is -2.19. The fourth-order valence-electron chi connectivity index (χ4n) is 3.32. The van der Waals surface area contributed by atoms with Crippen LogP contribution in [0.5, 0.6) is 0 Å². The van der Waals surface area contributed by atoms with Crippen molar-refractivity contribution in [1.29, 1.82) is 0 Å². The zero-order chi connectivity index (χ0) is 13.9. The fourth-order valence-corrected chi connectivity index (χ4v) is 3.32. The van der Waals surface area contributed by atoms with Gasteiger partial charge in [0, 0.05) is 5.69 Å². The fraction of sp³-hybridized carbons (Fsp3) is 0.588. The summed E-state index contributed by atoms with van der Waals surface area (Å²) in [4.78, 5) is 4.62. The Labute approximate surface area is 121 Å². The van der Waals surface area contributed by atoms with E-state index in [0.29, 0.717) is 12.0 Å². The van der Waals surface area contributed by atoms with Gasteiger partial charge >= 0.3 is 0 Å². The summed E-state index contributed by atoms with van der Waals surface area (Å²) in [5.41, 5.74) is 10.2. The first kappa shape index (κ1) is 13.5. The highest BCUT2D eigenvalue weighted by molar-refractivity contribution is 5.93. The summed E-state index contributed by atoms with van der Waals surface area (Å²) < 4.78 is 0. The van der Waals surface area contributed by atoms with E-state index in [1.807, 2.05) is 0 Å². The Kier molecular flexibility index (Phi) is 3.95. The smallest absolute Gasteiger partial charge is 0.193 e. The molecule has 2 aliphatic rings. The molecule has 2 unspecified atom stereocenters. The summed E-state index contributed by atoms with van der Waals surface area (Å²) in [5.74, 6) is 1.36. The lowest BCUT2D eigenvalue weighted by atomic mass is 9.90. The predicted octanol–water partition coefficient (Wildman–Crippen LogP) is 3.48. The Morgan fingerprint density at radius 2 is 2.20 bits per heavy atom. The highest BCUT2D eigenvalue weighted by Gasteiger charge is 2.36. The van der Waals surface area contributed by atoms with Gasteiger partial charge in [-0.25, -0.2) is 4.99 Å². The van der Waals surface area contributed by atoms with Crippen LogP contribution in [0, 0.1) is 5.92 Å². The van der Waals surface area contributed by atoms with Crippen LogP contribution < -0.4 is 11.1 Å². The Bertz CT molecular complexity index is 507. The molecule has 2 aliphatic carbocycles. The van der Waals surface area contributed by atoms with Crippen molar-refractivity contribution in [1.82, 2.24) is 0 Å². The Morgan fingerprint density at radius 1 is 1.35 bits per heavy atom. The van der Waals surface area contributed by atoms with Crippen LogP contribution >= 0.6 is 0 Å². The molecular weight excluding hydrogens is 246 g/mol. The number of rotatable bonds is 4. The van der Waals surface area contributed by atoms with Gasteiger partial charge in [0.1, 0.15) is 0 Å². The number of benzene rings is 1. The van der Waals surface area contributed by atoms with E-state index in [-0.39, 0.29) is 0 Å². The van der Waals surface area contributed by atoms with Gasteiger partial charge in [-0.2, -0.15) is 0 Å². The number of nitrogens with two attached hydrogens (primary N) is 1. The monoisotopic (exact) mass is 271 g/mol. The molecule has 0 heterocycles. The number of nitrogens with one attached hydrogen (secondary N) is 1. The molecule has 0 aromatic heterocycles. The maximum absolute atomic E-state index is 6.08. The minimum absolute atomic E-state index is 0.460. The number of hydrogen-bond donors (Lipinski definition) is 2. The SMILES string of the molecule is CCCC1CC1N=C(N)Nc1cccc2c1CCCC2. The molecular formula is C17H25N3. The third-order valence-corrected chi connectivity index (χ3v) is 4.51. The van der Waals surface area contributed by atoms with Crippen molar-refractivity contribution >= 4 is 11.6 Å². The minimum atomic E-state index is 0.460. The number of nitrogens with zero attached hydrogens (tertiary/aromatic N) is 1. The molecule has 2 atom stereocenters. The van der Waals surface area contributed by atoms with Gasteiger partial charge in [0.2, 0.25) is 0 Å². The zero-order valence-electron chi connectivity index (χ0n) is 12.4. The van der Waals surface area contributed by atoms with Crippen LogP contribution in [0.3, 0.4) is 0 Å². The molecule has 0 aliphatic heterocycles. The second-order valence-electron chi connectivity index (χ2n) is 6.14. The van der Waals surface area contributed by atoms with Crippen molar-refractivity contribution in [2.45, 2.75) is 57.9 Å². The largest absolute Gasteiger partial charge is 0.370 e. The summed E-state index contributed by atoms with van der Waals surface area (Å²) >= 11 is 0. The van der Waals surface area contributed by atoms with E-state index in [9.17, 15) is 0 Å². The molecule has 3 nitrogen and oxygen atoms in total. The maximum Gasteiger partial charge on any atom is 0.193 e. The molecule has 108 valence electrons. The van der Waals surface area contributed by atoms with Crippen molar-refractivity contribution in [3.05, 3.63) is 29.3 Å². The van der Waals surface area contributed by atoms with Gasteiger partial charge in [-0.3, -0.25) is 0 Å². The summed E-state index contributed by atoms with van der Waals surface area (Å²) in [5, 5.41) is 3.33. The van der Waals surface area contributed by atoms with Crippen LogP contribution in [0.25, 0.3) is 0 Å². The Balaban J connectivity index is 1.67. The van der Waals surface area contributed by atoms with Gasteiger partial charge < -0.3 is 11.1 Å². The van der Waals surface area contributed by atoms with Gasteiger partial charge in [-0.05, 0) is 61.6 Å². The molecule has 0 bridgehead atoms. The van der Waals surface area contributed by atoms with Crippen LogP contribution in [-0.4, -0.2) is 12.0 Å². The van der Waals surface area contributed by atoms with E-state index in [1.54, 1.807) is 0 Å². The van der Waals surface area contributed by atoms with Crippen LogP contribution in [0.4, 0.5) is 5.69 Å². The summed E-state index contributed by atoms with van der Waals surface area (Å²) in [6.45, 7) is 2.23. The Morgan fingerprint density at radius 3 is 3.05 bits per heavy atom. The maximum atomic E-state index is 6.08. The summed E-state index contributed by atoms with van der Waals surface area (Å²) in [7, 11) is 0. The lowest BCUT2D eigenvalue weighted by Crippen LogP contribution is -2.24. The van der Waals surface area contributed by atoms with E-state index >= 15 is 0 Å². The first-order valence-electron chi connectivity index (χ1n) is 7.99. The normalized spacial score (nSPS) is 25.1. The molecule has 0 amide bonds. The molecule has 1 aromatic rings. The van der Waals surface area contributed by atoms with Crippen LogP contribution in [0.2, 0.25) is 0 Å². The molecule has 3 rings (SSSR count). The first-order chi connectivity index (χ1) is 9.78. The number of guanidine groups is 1. The van der Waals surface area contributed by atoms with Crippen LogP contribution in [-0.2, 0) is 12.8 Å². The topological polar surface area (TPSA) is 50.4 Å². The van der Waals surface area contributed by atoms with Gasteiger partial charge in [0.15, 0.2) is 5.96 Å². The zero-order valence-corrected chi connectivity index (χ0v) is 12.4. The van der Waals surface area contributed by atoms with E-state index in [4.69, 9.17) is 5.73 Å². The number of anilines is 1. The van der Waals surface area contributed by atoms with Crippen LogP contribution in [0.1, 0.15) is 50.2 Å². The molecule has 0 saturated heterocycles. The number of fused-ring (bicyclic) bond motifs is 1. The summed E-state index contributed by atoms with van der Waals surface area (Å²) in [6.07, 6.45) is 8.68. The number of aliphatic imine (C=N–C) groups is 1. The predicted molar refractivity (Wildman–Crippen MR) is 85.1 cm³/mol. The number of aryl methyl sites for hydroxylation is 1. The van der Waals surface area contributed by atoms with Crippen molar-refractivity contribution in [2.24, 2.45) is 16.6 Å². The molecule has 3 heteroatoms. The van der Waals surface area contributed by atoms with Crippen molar-refractivity contribution in [3.63, 3.8) is 0 Å². The molecule has 0 spiro atoms. The Hall–Kier alpha value is -1.51. The molecule has 1 saturated carbocycles. The van der Waals surface area contributed by atoms with Gasteiger partial charge in [-0.15, -0.1) is 0 Å². The number of hydrogen-bond acceptors (Lipinski definition) is 1. The molecule has 3 N–H and O–H groups in total. The highest BCUT2D eigenvalue weighted by Crippen LogP contribution is 2.37. The second kappa shape index (κ2) is 5.86. The molecule has 1 fully saturated rings. The van der Waals surface area contributed by atoms with Gasteiger partial charge in [-0.1, -0.05) is 25.5 Å².